The summed E-state index contributed by atoms with van der Waals surface area (Å²) in [6.45, 7) is 0. The van der Waals surface area contributed by atoms with Crippen LogP contribution >= 0.6 is 0 Å². The first kappa shape index (κ1) is 9.48. The van der Waals surface area contributed by atoms with E-state index in [1.165, 1.54) is 0 Å². The van der Waals surface area contributed by atoms with Gasteiger partial charge in [-0.3, -0.25) is 4.79 Å². The van der Waals surface area contributed by atoms with Gasteiger partial charge in [-0.1, -0.05) is 0 Å². The third-order valence-corrected chi connectivity index (χ3v) is 2.54. The molecule has 0 aromatic carbocycles. The molecule has 0 saturated heterocycles. The maximum Gasteiger partial charge on any atom is 0.249 e. The highest BCUT2D eigenvalue weighted by Gasteiger charge is 2.13. The molecule has 0 aliphatic rings. The molecular formula is C7H6N2O3S. The molecule has 1 aromatic rings. The molecule has 0 fully saturated rings. The lowest BCUT2D eigenvalue weighted by molar-refractivity contribution is 0.601. The Kier molecular flexibility index (Phi) is 2.21. The van der Waals surface area contributed by atoms with Gasteiger partial charge in [-0.05, 0) is 0 Å². The number of hydrogen-bond acceptors (Lipinski definition) is 4. The lowest BCUT2D eigenvalue weighted by atomic mass is 10.3. The molecule has 13 heavy (non-hydrogen) atoms. The summed E-state index contributed by atoms with van der Waals surface area (Å²) < 4.78 is 22.1. The van der Waals surface area contributed by atoms with Crippen LogP contribution in [0.25, 0.3) is 0 Å². The molecule has 1 N–H and O–H groups in total. The number of H-pyrrole nitrogens is 1. The third-order valence-electron chi connectivity index (χ3n) is 1.41. The fraction of sp³-hybridized carbons (Fsp3) is 0.143. The first-order valence-electron chi connectivity index (χ1n) is 3.28. The average molecular weight is 198 g/mol. The molecule has 5 nitrogen and oxygen atoms in total. The Balaban J connectivity index is 3.63. The molecule has 0 aliphatic heterocycles. The third kappa shape index (κ3) is 1.95. The Morgan fingerprint density at radius 3 is 2.62 bits per heavy atom. The Labute approximate surface area is 74.6 Å². The molecule has 1 aromatic heterocycles. The van der Waals surface area contributed by atoms with Gasteiger partial charge in [0.1, 0.15) is 6.07 Å². The average Bonchev–Trinajstić information content (AvgIpc) is 2.03. The molecule has 0 bridgehead atoms. The smallest absolute Gasteiger partial charge is 0.249 e. The number of pyridine rings is 1. The van der Waals surface area contributed by atoms with E-state index in [4.69, 9.17) is 5.26 Å². The van der Waals surface area contributed by atoms with Gasteiger partial charge in [0.25, 0.3) is 0 Å². The molecule has 0 saturated carbocycles. The van der Waals surface area contributed by atoms with Crippen molar-refractivity contribution >= 4 is 9.84 Å². The number of hydrogen-bond donors (Lipinski definition) is 1. The first-order chi connectivity index (χ1) is 5.95. The molecule has 68 valence electrons. The van der Waals surface area contributed by atoms with Gasteiger partial charge in [0.2, 0.25) is 5.56 Å². The summed E-state index contributed by atoms with van der Waals surface area (Å²) in [5, 5.41) is 8.54. The molecular weight excluding hydrogens is 192 g/mol. The van der Waals surface area contributed by atoms with Gasteiger partial charge < -0.3 is 4.98 Å². The number of sulfone groups is 1. The SMILES string of the molecule is CS(=O)(=O)c1cc(=O)[nH]cc1C#N. The van der Waals surface area contributed by atoms with Crippen molar-refractivity contribution in [3.05, 3.63) is 28.2 Å². The number of nitrogens with one attached hydrogen (secondary N) is 1. The number of nitriles is 1. The van der Waals surface area contributed by atoms with Crippen molar-refractivity contribution < 1.29 is 8.42 Å². The molecule has 0 radical (unpaired) electrons. The topological polar surface area (TPSA) is 90.8 Å². The maximum absolute atomic E-state index is 11.1. The van der Waals surface area contributed by atoms with Crippen LogP contribution in [0, 0.1) is 11.3 Å². The van der Waals surface area contributed by atoms with Gasteiger partial charge >= 0.3 is 0 Å². The summed E-state index contributed by atoms with van der Waals surface area (Å²) in [4.78, 5) is 12.8. The van der Waals surface area contributed by atoms with E-state index >= 15 is 0 Å². The van der Waals surface area contributed by atoms with E-state index in [1.807, 2.05) is 0 Å². The summed E-state index contributed by atoms with van der Waals surface area (Å²) in [7, 11) is -3.51. The van der Waals surface area contributed by atoms with E-state index in [1.54, 1.807) is 6.07 Å². The second-order valence-corrected chi connectivity index (χ2v) is 4.44. The molecule has 0 atom stereocenters. The van der Waals surface area contributed by atoms with Crippen molar-refractivity contribution in [3.63, 3.8) is 0 Å². The quantitative estimate of drug-likeness (QED) is 0.667. The Hall–Kier alpha value is -1.61. The predicted octanol–water partition coefficient (Wildman–Crippen LogP) is -0.350. The second kappa shape index (κ2) is 3.03. The summed E-state index contributed by atoms with van der Waals surface area (Å²) in [6.07, 6.45) is 2.03. The minimum Gasteiger partial charge on any atom is -0.328 e. The van der Waals surface area contributed by atoms with Crippen LogP contribution in [0.3, 0.4) is 0 Å². The largest absolute Gasteiger partial charge is 0.328 e. The Morgan fingerprint density at radius 1 is 1.54 bits per heavy atom. The van der Waals surface area contributed by atoms with Crippen LogP contribution in [0.4, 0.5) is 0 Å². The van der Waals surface area contributed by atoms with E-state index in [2.05, 4.69) is 4.98 Å². The van der Waals surface area contributed by atoms with Crippen molar-refractivity contribution in [3.8, 4) is 6.07 Å². The summed E-state index contributed by atoms with van der Waals surface area (Å²) in [5.74, 6) is 0. The fourth-order valence-electron chi connectivity index (χ4n) is 0.847. The molecule has 0 amide bonds. The van der Waals surface area contributed by atoms with Gasteiger partial charge in [-0.2, -0.15) is 5.26 Å². The zero-order valence-electron chi connectivity index (χ0n) is 6.73. The zero-order valence-corrected chi connectivity index (χ0v) is 7.55. The highest BCUT2D eigenvalue weighted by atomic mass is 32.2. The molecule has 0 spiro atoms. The number of aromatic amines is 1. The lowest BCUT2D eigenvalue weighted by Gasteiger charge is -1.98. The van der Waals surface area contributed by atoms with Crippen molar-refractivity contribution in [2.24, 2.45) is 0 Å². The van der Waals surface area contributed by atoms with Gasteiger partial charge in [-0.15, -0.1) is 0 Å². The van der Waals surface area contributed by atoms with Crippen LogP contribution in [0.5, 0.6) is 0 Å². The van der Waals surface area contributed by atoms with Crippen LogP contribution in [0.2, 0.25) is 0 Å². The van der Waals surface area contributed by atoms with Crippen LogP contribution in [-0.2, 0) is 9.84 Å². The van der Waals surface area contributed by atoms with E-state index < -0.39 is 15.4 Å². The lowest BCUT2D eigenvalue weighted by Crippen LogP contribution is -2.10. The number of nitrogens with zero attached hydrogens (tertiary/aromatic N) is 1. The van der Waals surface area contributed by atoms with E-state index in [0.717, 1.165) is 18.5 Å². The normalized spacial score (nSPS) is 10.8. The van der Waals surface area contributed by atoms with Gasteiger partial charge in [0.05, 0.1) is 10.5 Å². The van der Waals surface area contributed by atoms with E-state index in [-0.39, 0.29) is 10.5 Å². The summed E-state index contributed by atoms with van der Waals surface area (Å²) in [5.41, 5.74) is -0.596. The standard InChI is InChI=1S/C7H6N2O3S/c1-13(11,12)6-2-7(10)9-4-5(6)3-8/h2,4H,1H3,(H,9,10). The molecule has 6 heteroatoms. The van der Waals surface area contributed by atoms with Crippen LogP contribution in [0.1, 0.15) is 5.56 Å². The minimum absolute atomic E-state index is 0.0536. The maximum atomic E-state index is 11.1. The monoisotopic (exact) mass is 198 g/mol. The highest BCUT2D eigenvalue weighted by molar-refractivity contribution is 7.90. The number of rotatable bonds is 1. The highest BCUT2D eigenvalue weighted by Crippen LogP contribution is 2.10. The molecule has 0 unspecified atom stereocenters. The number of aromatic nitrogens is 1. The van der Waals surface area contributed by atoms with E-state index in [0.29, 0.717) is 0 Å². The molecule has 1 heterocycles. The second-order valence-electron chi connectivity index (χ2n) is 2.46. The van der Waals surface area contributed by atoms with Crippen molar-refractivity contribution in [1.29, 1.82) is 5.26 Å². The van der Waals surface area contributed by atoms with Crippen molar-refractivity contribution in [2.75, 3.05) is 6.26 Å². The van der Waals surface area contributed by atoms with Gasteiger partial charge in [0, 0.05) is 18.5 Å². The zero-order chi connectivity index (χ0) is 10.1. The molecule has 1 rings (SSSR count). The fourth-order valence-corrected chi connectivity index (χ4v) is 1.67. The van der Waals surface area contributed by atoms with Gasteiger partial charge in [-0.25, -0.2) is 8.42 Å². The Bertz CT molecular complexity index is 521. The summed E-state index contributed by atoms with van der Waals surface area (Å²) >= 11 is 0. The van der Waals surface area contributed by atoms with Gasteiger partial charge in [0.15, 0.2) is 9.84 Å². The van der Waals surface area contributed by atoms with Crippen molar-refractivity contribution in [1.82, 2.24) is 4.98 Å². The van der Waals surface area contributed by atoms with Crippen LogP contribution in [0.15, 0.2) is 22.0 Å². The predicted molar refractivity (Wildman–Crippen MR) is 44.9 cm³/mol. The van der Waals surface area contributed by atoms with Crippen LogP contribution < -0.4 is 5.56 Å². The summed E-state index contributed by atoms with van der Waals surface area (Å²) in [6, 6.07) is 2.58. The van der Waals surface area contributed by atoms with E-state index in [9.17, 15) is 13.2 Å². The minimum atomic E-state index is -3.51. The first-order valence-corrected chi connectivity index (χ1v) is 5.17. The molecule has 0 aliphatic carbocycles. The van der Waals surface area contributed by atoms with Crippen molar-refractivity contribution in [2.45, 2.75) is 4.90 Å². The Morgan fingerprint density at radius 2 is 2.15 bits per heavy atom. The van der Waals surface area contributed by atoms with Crippen LogP contribution in [-0.4, -0.2) is 19.7 Å².